The van der Waals surface area contributed by atoms with E-state index < -0.39 is 5.41 Å². The molecule has 2 aromatic rings. The summed E-state index contributed by atoms with van der Waals surface area (Å²) in [4.78, 5) is 21.2. The predicted molar refractivity (Wildman–Crippen MR) is 88.5 cm³/mol. The zero-order chi connectivity index (χ0) is 16.8. The lowest BCUT2D eigenvalue weighted by Crippen LogP contribution is -2.37. The number of fused-ring (bicyclic) bond motifs is 1. The molecule has 2 aromatic heterocycles. The van der Waals surface area contributed by atoms with Gasteiger partial charge in [0.25, 0.3) is 0 Å². The fraction of sp³-hybridized carbons (Fsp3) is 0.588. The molecule has 0 spiro atoms. The van der Waals surface area contributed by atoms with E-state index in [1.165, 1.54) is 7.11 Å². The third-order valence-corrected chi connectivity index (χ3v) is 5.77. The highest BCUT2D eigenvalue weighted by atomic mass is 35.5. The Morgan fingerprint density at radius 1 is 1.39 bits per heavy atom. The quantitative estimate of drug-likeness (QED) is 0.803. The highest BCUT2D eigenvalue weighted by Gasteiger charge is 2.54. The molecule has 124 valence electrons. The van der Waals surface area contributed by atoms with Gasteiger partial charge in [0.05, 0.1) is 18.7 Å². The van der Waals surface area contributed by atoms with Crippen LogP contribution in [-0.2, 0) is 14.9 Å². The number of methoxy groups -OCH3 is 1. The smallest absolute Gasteiger partial charge is 0.312 e. The van der Waals surface area contributed by atoms with Gasteiger partial charge in [-0.1, -0.05) is 32.4 Å². The van der Waals surface area contributed by atoms with Crippen LogP contribution in [0, 0.1) is 11.3 Å². The van der Waals surface area contributed by atoms with Gasteiger partial charge in [-0.25, -0.2) is 9.97 Å². The fourth-order valence-electron chi connectivity index (χ4n) is 4.01. The van der Waals surface area contributed by atoms with Crippen molar-refractivity contribution in [3.05, 3.63) is 29.6 Å². The first-order chi connectivity index (χ1) is 10.8. The summed E-state index contributed by atoms with van der Waals surface area (Å²) in [5.74, 6) is 1.04. The van der Waals surface area contributed by atoms with Crippen molar-refractivity contribution in [2.24, 2.45) is 11.3 Å². The lowest BCUT2D eigenvalue weighted by atomic mass is 9.72. The van der Waals surface area contributed by atoms with Crippen LogP contribution in [0.15, 0.2) is 18.6 Å². The van der Waals surface area contributed by atoms with E-state index in [1.807, 2.05) is 10.6 Å². The van der Waals surface area contributed by atoms with Crippen LogP contribution in [-0.4, -0.2) is 27.4 Å². The van der Waals surface area contributed by atoms with E-state index in [0.717, 1.165) is 30.6 Å². The maximum absolute atomic E-state index is 12.5. The van der Waals surface area contributed by atoms with E-state index in [4.69, 9.17) is 16.3 Å². The molecule has 0 radical (unpaired) electrons. The number of imidazole rings is 1. The third-order valence-electron chi connectivity index (χ3n) is 5.48. The minimum absolute atomic E-state index is 0.114. The van der Waals surface area contributed by atoms with Crippen LogP contribution in [0.3, 0.4) is 0 Å². The van der Waals surface area contributed by atoms with E-state index in [-0.39, 0.29) is 17.3 Å². The van der Waals surface area contributed by atoms with Crippen molar-refractivity contribution >= 4 is 23.1 Å². The summed E-state index contributed by atoms with van der Waals surface area (Å²) < 4.78 is 7.11. The lowest BCUT2D eigenvalue weighted by Gasteiger charge is -2.32. The Hall–Kier alpha value is -1.62. The summed E-state index contributed by atoms with van der Waals surface area (Å²) in [5, 5.41) is 0.441. The highest BCUT2D eigenvalue weighted by molar-refractivity contribution is 6.32. The monoisotopic (exact) mass is 335 g/mol. The van der Waals surface area contributed by atoms with Crippen molar-refractivity contribution in [1.82, 2.24) is 14.4 Å². The normalized spacial score (nSPS) is 27.7. The fourth-order valence-corrected chi connectivity index (χ4v) is 4.21. The standard InChI is InChI=1S/C17H22ClN3O2/c1-11(2)17(15(22)23-4)6-5-16(3,10-17)14-20-9-12-13(18)19-7-8-21(12)14/h7-9,11H,5-6,10H2,1-4H3/t16-,17+/m0/s1. The number of rotatable bonds is 3. The molecule has 1 aliphatic rings. The van der Waals surface area contributed by atoms with E-state index >= 15 is 0 Å². The van der Waals surface area contributed by atoms with Gasteiger partial charge in [-0.2, -0.15) is 0 Å². The Morgan fingerprint density at radius 2 is 2.13 bits per heavy atom. The minimum Gasteiger partial charge on any atom is -0.469 e. The molecule has 2 atom stereocenters. The maximum atomic E-state index is 12.5. The minimum atomic E-state index is -0.452. The molecule has 1 saturated carbocycles. The number of aromatic nitrogens is 3. The second-order valence-corrected chi connectivity index (χ2v) is 7.45. The number of carbonyl (C=O) groups is 1. The second-order valence-electron chi connectivity index (χ2n) is 7.09. The Labute approximate surface area is 141 Å². The predicted octanol–water partition coefficient (Wildman–Crippen LogP) is 3.64. The number of hydrogen-bond donors (Lipinski definition) is 0. The molecular weight excluding hydrogens is 314 g/mol. The van der Waals surface area contributed by atoms with Gasteiger partial charge in [0.15, 0.2) is 5.15 Å². The van der Waals surface area contributed by atoms with E-state index in [0.29, 0.717) is 5.15 Å². The third kappa shape index (κ3) is 2.33. The van der Waals surface area contributed by atoms with Gasteiger partial charge >= 0.3 is 5.97 Å². The van der Waals surface area contributed by atoms with Crippen molar-refractivity contribution < 1.29 is 9.53 Å². The van der Waals surface area contributed by atoms with Crippen LogP contribution >= 0.6 is 11.6 Å². The van der Waals surface area contributed by atoms with Gasteiger partial charge in [-0.3, -0.25) is 9.20 Å². The molecule has 0 aliphatic heterocycles. The Kier molecular flexibility index (Phi) is 3.87. The summed E-state index contributed by atoms with van der Waals surface area (Å²) in [6.45, 7) is 6.35. The highest BCUT2D eigenvalue weighted by Crippen LogP contribution is 2.54. The Balaban J connectivity index is 2.06. The topological polar surface area (TPSA) is 56.5 Å². The van der Waals surface area contributed by atoms with E-state index in [1.54, 1.807) is 12.4 Å². The van der Waals surface area contributed by atoms with Gasteiger partial charge in [0.1, 0.15) is 11.3 Å². The number of nitrogens with zero attached hydrogens (tertiary/aromatic N) is 3. The molecule has 3 rings (SSSR count). The molecular formula is C17H22ClN3O2. The van der Waals surface area contributed by atoms with Crippen molar-refractivity contribution in [3.63, 3.8) is 0 Å². The summed E-state index contributed by atoms with van der Waals surface area (Å²) >= 11 is 6.16. The molecule has 23 heavy (non-hydrogen) atoms. The van der Waals surface area contributed by atoms with Gasteiger partial charge in [0, 0.05) is 17.8 Å². The largest absolute Gasteiger partial charge is 0.469 e. The molecule has 1 fully saturated rings. The first-order valence-electron chi connectivity index (χ1n) is 7.90. The average molecular weight is 336 g/mol. The van der Waals surface area contributed by atoms with Gasteiger partial charge in [-0.05, 0) is 25.2 Å². The summed E-state index contributed by atoms with van der Waals surface area (Å²) in [6.07, 6.45) is 7.73. The van der Waals surface area contributed by atoms with Crippen LogP contribution in [0.25, 0.3) is 5.52 Å². The number of halogens is 1. The molecule has 6 heteroatoms. The first-order valence-corrected chi connectivity index (χ1v) is 8.28. The molecule has 0 saturated heterocycles. The van der Waals surface area contributed by atoms with Crippen LogP contribution in [0.2, 0.25) is 5.15 Å². The number of ether oxygens (including phenoxy) is 1. The molecule has 5 nitrogen and oxygen atoms in total. The molecule has 0 amide bonds. The van der Waals surface area contributed by atoms with Gasteiger partial charge in [0.2, 0.25) is 0 Å². The molecule has 1 aliphatic carbocycles. The number of esters is 1. The van der Waals surface area contributed by atoms with Crippen molar-refractivity contribution in [1.29, 1.82) is 0 Å². The maximum Gasteiger partial charge on any atom is 0.312 e. The molecule has 0 unspecified atom stereocenters. The summed E-state index contributed by atoms with van der Waals surface area (Å²) in [6, 6.07) is 0. The van der Waals surface area contributed by atoms with Gasteiger partial charge < -0.3 is 4.74 Å². The molecule has 0 aromatic carbocycles. The summed E-state index contributed by atoms with van der Waals surface area (Å²) in [7, 11) is 1.47. The Morgan fingerprint density at radius 3 is 2.78 bits per heavy atom. The number of hydrogen-bond acceptors (Lipinski definition) is 4. The average Bonchev–Trinajstić information content (AvgIpc) is 3.10. The second kappa shape index (κ2) is 5.48. The Bertz CT molecular complexity index is 757. The zero-order valence-electron chi connectivity index (χ0n) is 14.0. The zero-order valence-corrected chi connectivity index (χ0v) is 14.7. The van der Waals surface area contributed by atoms with Crippen molar-refractivity contribution in [2.45, 2.75) is 45.4 Å². The SMILES string of the molecule is COC(=O)[C@]1(C(C)C)CC[C@](C)(c2ncc3c(Cl)nccn23)C1. The van der Waals surface area contributed by atoms with Crippen LogP contribution in [0.4, 0.5) is 0 Å². The van der Waals surface area contributed by atoms with E-state index in [9.17, 15) is 4.79 Å². The first kappa shape index (κ1) is 16.2. The summed E-state index contributed by atoms with van der Waals surface area (Å²) in [5.41, 5.74) is 0.146. The lowest BCUT2D eigenvalue weighted by molar-refractivity contribution is -0.155. The number of carbonyl (C=O) groups excluding carboxylic acids is 1. The van der Waals surface area contributed by atoms with Crippen molar-refractivity contribution in [3.8, 4) is 0 Å². The van der Waals surface area contributed by atoms with Crippen LogP contribution in [0.5, 0.6) is 0 Å². The van der Waals surface area contributed by atoms with Gasteiger partial charge in [-0.15, -0.1) is 0 Å². The molecule has 0 N–H and O–H groups in total. The van der Waals surface area contributed by atoms with E-state index in [2.05, 4.69) is 30.7 Å². The molecule has 2 heterocycles. The van der Waals surface area contributed by atoms with Crippen LogP contribution < -0.4 is 0 Å². The van der Waals surface area contributed by atoms with Crippen molar-refractivity contribution in [2.75, 3.05) is 7.11 Å². The molecule has 0 bridgehead atoms. The van der Waals surface area contributed by atoms with Crippen LogP contribution in [0.1, 0.15) is 45.9 Å².